The van der Waals surface area contributed by atoms with E-state index in [9.17, 15) is 0 Å². The van der Waals surface area contributed by atoms with Crippen molar-refractivity contribution >= 4 is 15.9 Å². The van der Waals surface area contributed by atoms with E-state index in [0.717, 1.165) is 29.8 Å². The maximum absolute atomic E-state index is 5.81. The number of nitrogens with zero attached hydrogens (tertiary/aromatic N) is 2. The van der Waals surface area contributed by atoms with Crippen LogP contribution >= 0.6 is 15.9 Å². The van der Waals surface area contributed by atoms with Gasteiger partial charge in [0.25, 0.3) is 0 Å². The highest BCUT2D eigenvalue weighted by Crippen LogP contribution is 2.19. The van der Waals surface area contributed by atoms with E-state index in [1.165, 1.54) is 0 Å². The Morgan fingerprint density at radius 2 is 2.55 bits per heavy atom. The summed E-state index contributed by atoms with van der Waals surface area (Å²) < 4.78 is 3.18. The van der Waals surface area contributed by atoms with Gasteiger partial charge >= 0.3 is 0 Å². The van der Waals surface area contributed by atoms with Gasteiger partial charge in [-0.1, -0.05) is 0 Å². The van der Waals surface area contributed by atoms with Crippen LogP contribution in [0.1, 0.15) is 12.2 Å². The summed E-state index contributed by atoms with van der Waals surface area (Å²) in [6, 6.07) is 0.299. The summed E-state index contributed by atoms with van der Waals surface area (Å²) >= 11 is 3.42. The quantitative estimate of drug-likeness (QED) is 0.700. The summed E-state index contributed by atoms with van der Waals surface area (Å²) in [5.74, 6) is 1.15. The summed E-state index contributed by atoms with van der Waals surface area (Å²) in [6.07, 6.45) is 3.91. The number of nitrogens with two attached hydrogens (primary N) is 1. The van der Waals surface area contributed by atoms with E-state index in [1.807, 2.05) is 6.20 Å². The van der Waals surface area contributed by atoms with E-state index < -0.39 is 0 Å². The van der Waals surface area contributed by atoms with Gasteiger partial charge in [0.05, 0.1) is 6.20 Å². The molecule has 2 N–H and O–H groups in total. The number of halogens is 1. The van der Waals surface area contributed by atoms with Crippen molar-refractivity contribution in [1.82, 2.24) is 9.55 Å². The van der Waals surface area contributed by atoms with Gasteiger partial charge in [-0.05, 0) is 22.4 Å². The van der Waals surface area contributed by atoms with E-state index in [2.05, 4.69) is 25.5 Å². The number of aromatic nitrogens is 2. The molecule has 0 radical (unpaired) electrons. The molecule has 2 rings (SSSR count). The number of rotatable bonds is 0. The zero-order chi connectivity index (χ0) is 7.84. The summed E-state index contributed by atoms with van der Waals surface area (Å²) in [6.45, 7) is 0.899. The molecule has 0 spiro atoms. The fraction of sp³-hybridized carbons (Fsp3) is 0.571. The molecule has 0 saturated carbocycles. The van der Waals surface area contributed by atoms with Crippen molar-refractivity contribution in [3.63, 3.8) is 0 Å². The first-order valence-electron chi connectivity index (χ1n) is 3.73. The zero-order valence-corrected chi connectivity index (χ0v) is 7.71. The predicted octanol–water partition coefficient (Wildman–Crippen LogP) is 0.919. The van der Waals surface area contributed by atoms with Crippen LogP contribution in [-0.2, 0) is 13.0 Å². The van der Waals surface area contributed by atoms with E-state index in [-0.39, 0.29) is 0 Å². The maximum atomic E-state index is 5.81. The highest BCUT2D eigenvalue weighted by Gasteiger charge is 2.17. The van der Waals surface area contributed by atoms with Gasteiger partial charge in [0, 0.05) is 19.0 Å². The van der Waals surface area contributed by atoms with Crippen molar-refractivity contribution in [2.24, 2.45) is 5.73 Å². The largest absolute Gasteiger partial charge is 0.326 e. The van der Waals surface area contributed by atoms with Crippen LogP contribution in [0.3, 0.4) is 0 Å². The molecule has 1 unspecified atom stereocenters. The summed E-state index contributed by atoms with van der Waals surface area (Å²) in [5.41, 5.74) is 5.81. The Morgan fingerprint density at radius 3 is 3.36 bits per heavy atom. The lowest BCUT2D eigenvalue weighted by molar-refractivity contribution is 0.449. The van der Waals surface area contributed by atoms with E-state index >= 15 is 0 Å². The van der Waals surface area contributed by atoms with Crippen molar-refractivity contribution in [2.75, 3.05) is 0 Å². The monoisotopic (exact) mass is 215 g/mol. The maximum Gasteiger partial charge on any atom is 0.109 e. The minimum absolute atomic E-state index is 0.299. The molecule has 1 aromatic heterocycles. The second-order valence-corrected chi connectivity index (χ2v) is 3.72. The van der Waals surface area contributed by atoms with Gasteiger partial charge in [-0.2, -0.15) is 0 Å². The molecule has 1 aromatic rings. The lowest BCUT2D eigenvalue weighted by Crippen LogP contribution is -2.32. The Balaban J connectivity index is 2.37. The van der Waals surface area contributed by atoms with Crippen LogP contribution in [0.4, 0.5) is 0 Å². The van der Waals surface area contributed by atoms with Crippen LogP contribution in [-0.4, -0.2) is 15.6 Å². The molecule has 0 fully saturated rings. The van der Waals surface area contributed by atoms with Crippen LogP contribution < -0.4 is 5.73 Å². The van der Waals surface area contributed by atoms with E-state index in [1.54, 1.807) is 0 Å². The third kappa shape index (κ3) is 1.20. The molecule has 1 atom stereocenters. The van der Waals surface area contributed by atoms with Gasteiger partial charge < -0.3 is 10.3 Å². The second-order valence-electron chi connectivity index (χ2n) is 2.91. The highest BCUT2D eigenvalue weighted by atomic mass is 79.9. The summed E-state index contributed by atoms with van der Waals surface area (Å²) in [5, 5.41) is 0. The second kappa shape index (κ2) is 2.60. The molecule has 60 valence electrons. The Morgan fingerprint density at radius 1 is 1.73 bits per heavy atom. The number of fused-ring (bicyclic) bond motifs is 1. The smallest absolute Gasteiger partial charge is 0.109 e. The summed E-state index contributed by atoms with van der Waals surface area (Å²) in [7, 11) is 0. The van der Waals surface area contributed by atoms with Gasteiger partial charge in [0.1, 0.15) is 10.4 Å². The Kier molecular flexibility index (Phi) is 1.73. The molecular weight excluding hydrogens is 206 g/mol. The first kappa shape index (κ1) is 7.31. The SMILES string of the molecule is NC1CCc2ncc(Br)n2C1. The lowest BCUT2D eigenvalue weighted by atomic mass is 10.1. The van der Waals surface area contributed by atoms with Crippen molar-refractivity contribution in [3.05, 3.63) is 16.6 Å². The topological polar surface area (TPSA) is 43.8 Å². The van der Waals surface area contributed by atoms with Crippen LogP contribution in [0.15, 0.2) is 10.8 Å². The Hall–Kier alpha value is -0.350. The first-order valence-corrected chi connectivity index (χ1v) is 4.52. The molecule has 0 bridgehead atoms. The third-order valence-electron chi connectivity index (χ3n) is 2.05. The van der Waals surface area contributed by atoms with Crippen LogP contribution in [0.2, 0.25) is 0 Å². The normalized spacial score (nSPS) is 23.3. The van der Waals surface area contributed by atoms with E-state index in [0.29, 0.717) is 6.04 Å². The number of imidazole rings is 1. The number of aryl methyl sites for hydroxylation is 1. The molecule has 0 aliphatic carbocycles. The third-order valence-corrected chi connectivity index (χ3v) is 2.68. The molecule has 1 aliphatic rings. The molecule has 0 amide bonds. The highest BCUT2D eigenvalue weighted by molar-refractivity contribution is 9.10. The fourth-order valence-electron chi connectivity index (χ4n) is 1.42. The minimum atomic E-state index is 0.299. The fourth-order valence-corrected chi connectivity index (χ4v) is 1.87. The van der Waals surface area contributed by atoms with Crippen molar-refractivity contribution in [1.29, 1.82) is 0 Å². The minimum Gasteiger partial charge on any atom is -0.326 e. The average molecular weight is 216 g/mol. The van der Waals surface area contributed by atoms with Crippen molar-refractivity contribution in [2.45, 2.75) is 25.4 Å². The van der Waals surface area contributed by atoms with Gasteiger partial charge in [0.15, 0.2) is 0 Å². The van der Waals surface area contributed by atoms with Gasteiger partial charge in [0.2, 0.25) is 0 Å². The molecule has 4 heteroatoms. The van der Waals surface area contributed by atoms with Crippen molar-refractivity contribution in [3.8, 4) is 0 Å². The lowest BCUT2D eigenvalue weighted by Gasteiger charge is -2.20. The Bertz CT molecular complexity index is 269. The Labute approximate surface area is 73.7 Å². The molecule has 2 heterocycles. The molecular formula is C7H10BrN3. The molecule has 0 aromatic carbocycles. The van der Waals surface area contributed by atoms with Crippen LogP contribution in [0.25, 0.3) is 0 Å². The average Bonchev–Trinajstić information content (AvgIpc) is 2.33. The molecule has 0 saturated heterocycles. The first-order chi connectivity index (χ1) is 5.27. The molecule has 1 aliphatic heterocycles. The van der Waals surface area contributed by atoms with Crippen molar-refractivity contribution < 1.29 is 0 Å². The van der Waals surface area contributed by atoms with E-state index in [4.69, 9.17) is 5.73 Å². The van der Waals surface area contributed by atoms with Crippen LogP contribution in [0, 0.1) is 0 Å². The van der Waals surface area contributed by atoms with Gasteiger partial charge in [-0.3, -0.25) is 0 Å². The molecule has 3 nitrogen and oxygen atoms in total. The number of hydrogen-bond acceptors (Lipinski definition) is 2. The standard InChI is InChI=1S/C7H10BrN3/c8-6-3-10-7-2-1-5(9)4-11(6)7/h3,5H,1-2,4,9H2. The van der Waals surface area contributed by atoms with Gasteiger partial charge in [-0.25, -0.2) is 4.98 Å². The zero-order valence-electron chi connectivity index (χ0n) is 6.13. The number of hydrogen-bond donors (Lipinski definition) is 1. The molecule has 11 heavy (non-hydrogen) atoms. The summed E-state index contributed by atoms with van der Waals surface area (Å²) in [4.78, 5) is 4.25. The predicted molar refractivity (Wildman–Crippen MR) is 46.2 cm³/mol. The van der Waals surface area contributed by atoms with Crippen LogP contribution in [0.5, 0.6) is 0 Å². The van der Waals surface area contributed by atoms with Gasteiger partial charge in [-0.15, -0.1) is 0 Å².